The lowest BCUT2D eigenvalue weighted by atomic mass is 9.98. The van der Waals surface area contributed by atoms with E-state index in [4.69, 9.17) is 0 Å². The molecule has 2 heteroatoms. The van der Waals surface area contributed by atoms with Crippen molar-refractivity contribution in [3.63, 3.8) is 0 Å². The van der Waals surface area contributed by atoms with Crippen molar-refractivity contribution in [3.8, 4) is 0 Å². The van der Waals surface area contributed by atoms with Gasteiger partial charge in [-0.2, -0.15) is 0 Å². The van der Waals surface area contributed by atoms with Crippen LogP contribution in [0, 0.1) is 5.92 Å². The summed E-state index contributed by atoms with van der Waals surface area (Å²) in [5.74, 6) is 0.957. The first-order valence-corrected chi connectivity index (χ1v) is 7.09. The third kappa shape index (κ3) is 2.98. The molecule has 94 valence electrons. The van der Waals surface area contributed by atoms with Crippen molar-refractivity contribution in [1.29, 1.82) is 0 Å². The Morgan fingerprint density at radius 2 is 1.75 bits per heavy atom. The van der Waals surface area contributed by atoms with Gasteiger partial charge in [0.1, 0.15) is 0 Å². The number of hydrogen-bond acceptors (Lipinski definition) is 2. The van der Waals surface area contributed by atoms with Gasteiger partial charge >= 0.3 is 0 Å². The smallest absolute Gasteiger partial charge is 0.0105 e. The summed E-state index contributed by atoms with van der Waals surface area (Å²) in [4.78, 5) is 2.39. The van der Waals surface area contributed by atoms with Crippen molar-refractivity contribution in [2.24, 2.45) is 5.92 Å². The number of nitrogens with one attached hydrogen (secondary N) is 1. The molecule has 2 saturated carbocycles. The fraction of sp³-hybridized carbons (Fsp3) is 1.00. The summed E-state index contributed by atoms with van der Waals surface area (Å²) >= 11 is 0. The van der Waals surface area contributed by atoms with E-state index in [9.17, 15) is 0 Å². The average Bonchev–Trinajstić information content (AvgIpc) is 2.87. The molecule has 0 spiro atoms. The van der Waals surface area contributed by atoms with Gasteiger partial charge in [-0.15, -0.1) is 0 Å². The van der Waals surface area contributed by atoms with Gasteiger partial charge in [0.25, 0.3) is 0 Å². The molecule has 0 aromatic carbocycles. The van der Waals surface area contributed by atoms with Crippen molar-refractivity contribution in [2.45, 2.75) is 70.0 Å². The molecule has 0 aromatic rings. The van der Waals surface area contributed by atoms with E-state index < -0.39 is 0 Å². The minimum absolute atomic E-state index is 0.744. The summed E-state index contributed by atoms with van der Waals surface area (Å²) < 4.78 is 0. The SMILES string of the molecule is CC(NC1CCC(N(C)C)C1)C1CCCC1. The first-order valence-electron chi connectivity index (χ1n) is 7.09. The minimum atomic E-state index is 0.744. The maximum Gasteiger partial charge on any atom is 0.0105 e. The maximum atomic E-state index is 3.88. The Bertz CT molecular complexity index is 209. The lowest BCUT2D eigenvalue weighted by Gasteiger charge is -2.25. The largest absolute Gasteiger partial charge is 0.311 e. The van der Waals surface area contributed by atoms with Gasteiger partial charge in [-0.1, -0.05) is 12.8 Å². The highest BCUT2D eigenvalue weighted by Gasteiger charge is 2.29. The normalized spacial score (nSPS) is 33.8. The summed E-state index contributed by atoms with van der Waals surface area (Å²) in [6.07, 6.45) is 9.94. The van der Waals surface area contributed by atoms with E-state index in [-0.39, 0.29) is 0 Å². The lowest BCUT2D eigenvalue weighted by Crippen LogP contribution is -2.40. The van der Waals surface area contributed by atoms with Crippen LogP contribution in [0.2, 0.25) is 0 Å². The Kier molecular flexibility index (Phi) is 4.26. The van der Waals surface area contributed by atoms with Crippen LogP contribution in [0.4, 0.5) is 0 Å². The Hall–Kier alpha value is -0.0800. The molecule has 3 atom stereocenters. The second kappa shape index (κ2) is 5.50. The molecule has 0 heterocycles. The molecule has 3 unspecified atom stereocenters. The monoisotopic (exact) mass is 224 g/mol. The Morgan fingerprint density at radius 3 is 2.31 bits per heavy atom. The molecule has 16 heavy (non-hydrogen) atoms. The zero-order valence-electron chi connectivity index (χ0n) is 11.2. The van der Waals surface area contributed by atoms with Crippen molar-refractivity contribution in [1.82, 2.24) is 10.2 Å². The van der Waals surface area contributed by atoms with Gasteiger partial charge in [-0.3, -0.25) is 0 Å². The molecule has 0 aliphatic heterocycles. The molecular weight excluding hydrogens is 196 g/mol. The van der Waals surface area contributed by atoms with Gasteiger partial charge in [0.2, 0.25) is 0 Å². The van der Waals surface area contributed by atoms with Crippen LogP contribution < -0.4 is 5.32 Å². The third-order valence-electron chi connectivity index (χ3n) is 4.74. The molecule has 2 aliphatic carbocycles. The fourth-order valence-electron chi connectivity index (χ4n) is 3.54. The molecule has 0 aromatic heterocycles. The average molecular weight is 224 g/mol. The molecule has 0 radical (unpaired) electrons. The lowest BCUT2D eigenvalue weighted by molar-refractivity contribution is 0.284. The van der Waals surface area contributed by atoms with Crippen LogP contribution in [0.3, 0.4) is 0 Å². The number of nitrogens with zero attached hydrogens (tertiary/aromatic N) is 1. The summed E-state index contributed by atoms with van der Waals surface area (Å²) in [7, 11) is 4.43. The van der Waals surface area contributed by atoms with E-state index in [0.29, 0.717) is 0 Å². The second-order valence-electron chi connectivity index (χ2n) is 6.13. The van der Waals surface area contributed by atoms with Crippen LogP contribution in [0.15, 0.2) is 0 Å². The first kappa shape index (κ1) is 12.4. The zero-order valence-corrected chi connectivity index (χ0v) is 11.2. The molecular formula is C14H28N2. The quantitative estimate of drug-likeness (QED) is 0.790. The Balaban J connectivity index is 1.73. The standard InChI is InChI=1S/C14H28N2/c1-11(12-6-4-5-7-12)15-13-8-9-14(10-13)16(2)3/h11-15H,4-10H2,1-3H3. The van der Waals surface area contributed by atoms with Gasteiger partial charge < -0.3 is 10.2 Å². The molecule has 0 amide bonds. The van der Waals surface area contributed by atoms with Crippen molar-refractivity contribution < 1.29 is 0 Å². The van der Waals surface area contributed by atoms with E-state index in [0.717, 1.165) is 24.0 Å². The molecule has 0 bridgehead atoms. The maximum absolute atomic E-state index is 3.88. The number of rotatable bonds is 4. The van der Waals surface area contributed by atoms with Gasteiger partial charge in [0, 0.05) is 18.1 Å². The third-order valence-corrected chi connectivity index (χ3v) is 4.74. The predicted octanol–water partition coefficient (Wildman–Crippen LogP) is 2.64. The highest BCUT2D eigenvalue weighted by Crippen LogP contribution is 2.29. The summed E-state index contributed by atoms with van der Waals surface area (Å²) in [6, 6.07) is 2.34. The minimum Gasteiger partial charge on any atom is -0.311 e. The van der Waals surface area contributed by atoms with E-state index in [1.54, 1.807) is 0 Å². The summed E-state index contributed by atoms with van der Waals surface area (Å²) in [5, 5.41) is 3.88. The number of hydrogen-bond donors (Lipinski definition) is 1. The van der Waals surface area contributed by atoms with Crippen molar-refractivity contribution in [2.75, 3.05) is 14.1 Å². The van der Waals surface area contributed by atoms with Crippen LogP contribution >= 0.6 is 0 Å². The van der Waals surface area contributed by atoms with Crippen LogP contribution in [0.5, 0.6) is 0 Å². The topological polar surface area (TPSA) is 15.3 Å². The van der Waals surface area contributed by atoms with E-state index >= 15 is 0 Å². The summed E-state index contributed by atoms with van der Waals surface area (Å²) in [5.41, 5.74) is 0. The molecule has 1 N–H and O–H groups in total. The Labute approximate surface area is 101 Å². The molecule has 2 rings (SSSR count). The first-order chi connectivity index (χ1) is 7.66. The van der Waals surface area contributed by atoms with Gasteiger partial charge in [-0.25, -0.2) is 0 Å². The summed E-state index contributed by atoms with van der Waals surface area (Å²) in [6.45, 7) is 2.40. The van der Waals surface area contributed by atoms with Gasteiger partial charge in [0.15, 0.2) is 0 Å². The van der Waals surface area contributed by atoms with Crippen LogP contribution in [0.1, 0.15) is 51.9 Å². The highest BCUT2D eigenvalue weighted by atomic mass is 15.1. The molecule has 2 fully saturated rings. The predicted molar refractivity (Wildman–Crippen MR) is 69.7 cm³/mol. The van der Waals surface area contributed by atoms with Crippen molar-refractivity contribution in [3.05, 3.63) is 0 Å². The van der Waals surface area contributed by atoms with Gasteiger partial charge in [-0.05, 0) is 59.0 Å². The van der Waals surface area contributed by atoms with Crippen molar-refractivity contribution >= 4 is 0 Å². The van der Waals surface area contributed by atoms with Crippen LogP contribution in [-0.4, -0.2) is 37.1 Å². The van der Waals surface area contributed by atoms with Crippen LogP contribution in [0.25, 0.3) is 0 Å². The molecule has 0 saturated heterocycles. The van der Waals surface area contributed by atoms with Gasteiger partial charge in [0.05, 0.1) is 0 Å². The van der Waals surface area contributed by atoms with Crippen LogP contribution in [-0.2, 0) is 0 Å². The van der Waals surface area contributed by atoms with E-state index in [2.05, 4.69) is 31.2 Å². The zero-order chi connectivity index (χ0) is 11.5. The molecule has 2 aliphatic rings. The van der Waals surface area contributed by atoms with E-state index in [1.807, 2.05) is 0 Å². The second-order valence-corrected chi connectivity index (χ2v) is 6.13. The van der Waals surface area contributed by atoms with E-state index in [1.165, 1.54) is 44.9 Å². The highest BCUT2D eigenvalue weighted by molar-refractivity contribution is 4.88. The molecule has 2 nitrogen and oxygen atoms in total. The fourth-order valence-corrected chi connectivity index (χ4v) is 3.54. The Morgan fingerprint density at radius 1 is 1.06 bits per heavy atom.